The molecule has 30 heavy (non-hydrogen) atoms. The van der Waals surface area contributed by atoms with Crippen LogP contribution in [0.15, 0.2) is 59.1 Å². The van der Waals surface area contributed by atoms with Gasteiger partial charge in [0.1, 0.15) is 11.6 Å². The number of amides is 2. The number of nitrogens with one attached hydrogen (secondary N) is 1. The SMILES string of the molecule is Cc1cc(C(=O)N2CCC[C@H](C(=O)Nc3ccc(-c4cccc(F)c4)cc3)C2)no1. The van der Waals surface area contributed by atoms with E-state index in [4.69, 9.17) is 4.52 Å². The molecular weight excluding hydrogens is 385 g/mol. The summed E-state index contributed by atoms with van der Waals surface area (Å²) in [5.74, 6) is -0.349. The second-order valence-corrected chi connectivity index (χ2v) is 7.49. The van der Waals surface area contributed by atoms with Gasteiger partial charge in [-0.15, -0.1) is 0 Å². The molecule has 1 saturated heterocycles. The fourth-order valence-electron chi connectivity index (χ4n) is 3.66. The van der Waals surface area contributed by atoms with Gasteiger partial charge in [0.25, 0.3) is 5.91 Å². The average molecular weight is 407 g/mol. The summed E-state index contributed by atoms with van der Waals surface area (Å²) in [6.45, 7) is 2.67. The molecule has 2 amide bonds. The van der Waals surface area contributed by atoms with Gasteiger partial charge in [-0.1, -0.05) is 29.4 Å². The number of nitrogens with zero attached hydrogens (tertiary/aromatic N) is 2. The molecule has 1 atom stereocenters. The third-order valence-corrected chi connectivity index (χ3v) is 5.24. The standard InChI is InChI=1S/C23H22FN3O3/c1-15-12-21(26-30-15)23(29)27-11-3-5-18(14-27)22(28)25-20-9-7-16(8-10-20)17-4-2-6-19(24)13-17/h2,4,6-10,12-13,18H,3,5,11,14H2,1H3,(H,25,28)/t18-/m0/s1. The average Bonchev–Trinajstić information content (AvgIpc) is 3.20. The van der Waals surface area contributed by atoms with Gasteiger partial charge in [0.05, 0.1) is 5.92 Å². The summed E-state index contributed by atoms with van der Waals surface area (Å²) >= 11 is 0. The Bertz CT molecular complexity index is 1060. The van der Waals surface area contributed by atoms with Crippen LogP contribution in [-0.4, -0.2) is 35.0 Å². The highest BCUT2D eigenvalue weighted by atomic mass is 19.1. The summed E-state index contributed by atoms with van der Waals surface area (Å²) in [4.78, 5) is 27.0. The Labute approximate surface area is 173 Å². The first-order valence-electron chi connectivity index (χ1n) is 9.89. The molecular formula is C23H22FN3O3. The number of piperidine rings is 1. The normalized spacial score (nSPS) is 16.3. The topological polar surface area (TPSA) is 75.4 Å². The quantitative estimate of drug-likeness (QED) is 0.700. The molecule has 3 aromatic rings. The number of aromatic nitrogens is 1. The van der Waals surface area contributed by atoms with Crippen molar-refractivity contribution in [3.05, 3.63) is 71.9 Å². The van der Waals surface area contributed by atoms with Crippen molar-refractivity contribution >= 4 is 17.5 Å². The van der Waals surface area contributed by atoms with Gasteiger partial charge in [-0.05, 0) is 55.2 Å². The minimum absolute atomic E-state index is 0.123. The largest absolute Gasteiger partial charge is 0.361 e. The summed E-state index contributed by atoms with van der Waals surface area (Å²) in [5.41, 5.74) is 2.57. The van der Waals surface area contributed by atoms with Crippen molar-refractivity contribution in [1.82, 2.24) is 10.1 Å². The van der Waals surface area contributed by atoms with Gasteiger partial charge in [0.2, 0.25) is 5.91 Å². The maximum atomic E-state index is 13.4. The fraction of sp³-hybridized carbons (Fsp3) is 0.261. The van der Waals surface area contributed by atoms with Crippen LogP contribution in [0.3, 0.4) is 0 Å². The maximum Gasteiger partial charge on any atom is 0.276 e. The number of carbonyl (C=O) groups excluding carboxylic acids is 2. The van der Waals surface area contributed by atoms with Crippen LogP contribution in [0.4, 0.5) is 10.1 Å². The van der Waals surface area contributed by atoms with Gasteiger partial charge in [0.15, 0.2) is 5.69 Å². The molecule has 0 aliphatic carbocycles. The number of hydrogen-bond acceptors (Lipinski definition) is 4. The number of hydrogen-bond donors (Lipinski definition) is 1. The van der Waals surface area contributed by atoms with Gasteiger partial charge in [-0.25, -0.2) is 4.39 Å². The lowest BCUT2D eigenvalue weighted by molar-refractivity contribution is -0.121. The van der Waals surface area contributed by atoms with Gasteiger partial charge >= 0.3 is 0 Å². The second kappa shape index (κ2) is 8.49. The maximum absolute atomic E-state index is 13.4. The highest BCUT2D eigenvalue weighted by molar-refractivity contribution is 5.95. The number of carbonyl (C=O) groups is 2. The highest BCUT2D eigenvalue weighted by Crippen LogP contribution is 2.24. The molecule has 0 unspecified atom stereocenters. The van der Waals surface area contributed by atoms with E-state index in [0.29, 0.717) is 24.5 Å². The highest BCUT2D eigenvalue weighted by Gasteiger charge is 2.30. The van der Waals surface area contributed by atoms with E-state index in [0.717, 1.165) is 24.0 Å². The van der Waals surface area contributed by atoms with Gasteiger partial charge < -0.3 is 14.7 Å². The Hall–Kier alpha value is -3.48. The predicted molar refractivity (Wildman–Crippen MR) is 110 cm³/mol. The van der Waals surface area contributed by atoms with Crippen LogP contribution in [0.1, 0.15) is 29.1 Å². The van der Waals surface area contributed by atoms with E-state index >= 15 is 0 Å². The molecule has 0 saturated carbocycles. The second-order valence-electron chi connectivity index (χ2n) is 7.49. The van der Waals surface area contributed by atoms with Crippen molar-refractivity contribution in [3.8, 4) is 11.1 Å². The number of rotatable bonds is 4. The molecule has 0 radical (unpaired) electrons. The van der Waals surface area contributed by atoms with Gasteiger partial charge in [-0.3, -0.25) is 9.59 Å². The molecule has 1 aliphatic heterocycles. The van der Waals surface area contributed by atoms with Crippen LogP contribution >= 0.6 is 0 Å². The van der Waals surface area contributed by atoms with Crippen molar-refractivity contribution in [2.75, 3.05) is 18.4 Å². The van der Waals surface area contributed by atoms with E-state index in [1.165, 1.54) is 12.1 Å². The molecule has 154 valence electrons. The molecule has 7 heteroatoms. The number of halogens is 1. The summed E-state index contributed by atoms with van der Waals surface area (Å²) in [5, 5.41) is 6.70. The number of anilines is 1. The summed E-state index contributed by atoms with van der Waals surface area (Å²) in [7, 11) is 0. The zero-order chi connectivity index (χ0) is 21.1. The molecule has 1 aliphatic rings. The van der Waals surface area contributed by atoms with Crippen LogP contribution in [0.5, 0.6) is 0 Å². The van der Waals surface area contributed by atoms with Crippen molar-refractivity contribution in [2.45, 2.75) is 19.8 Å². The molecule has 4 rings (SSSR count). The first kappa shape index (κ1) is 19.8. The first-order chi connectivity index (χ1) is 14.5. The molecule has 0 spiro atoms. The minimum Gasteiger partial charge on any atom is -0.361 e. The van der Waals surface area contributed by atoms with Gasteiger partial charge in [0, 0.05) is 24.8 Å². The van der Waals surface area contributed by atoms with Crippen LogP contribution < -0.4 is 5.32 Å². The lowest BCUT2D eigenvalue weighted by Gasteiger charge is -2.31. The van der Waals surface area contributed by atoms with Crippen LogP contribution in [0.25, 0.3) is 11.1 Å². The van der Waals surface area contributed by atoms with Crippen molar-refractivity contribution in [2.24, 2.45) is 5.92 Å². The van der Waals surface area contributed by atoms with Crippen molar-refractivity contribution < 1.29 is 18.5 Å². The predicted octanol–water partition coefficient (Wildman–Crippen LogP) is 4.28. The lowest BCUT2D eigenvalue weighted by atomic mass is 9.96. The molecule has 1 aromatic heterocycles. The zero-order valence-corrected chi connectivity index (χ0v) is 16.6. The Morgan fingerprint density at radius 3 is 2.63 bits per heavy atom. The number of aryl methyl sites for hydroxylation is 1. The Kier molecular flexibility index (Phi) is 5.61. The fourth-order valence-corrected chi connectivity index (χ4v) is 3.66. The molecule has 2 aromatic carbocycles. The molecule has 1 N–H and O–H groups in total. The number of benzene rings is 2. The first-order valence-corrected chi connectivity index (χ1v) is 9.89. The van der Waals surface area contributed by atoms with E-state index < -0.39 is 0 Å². The molecule has 0 bridgehead atoms. The van der Waals surface area contributed by atoms with Crippen molar-refractivity contribution in [1.29, 1.82) is 0 Å². The summed E-state index contributed by atoms with van der Waals surface area (Å²) in [6, 6.07) is 15.2. The van der Waals surface area contributed by atoms with Crippen LogP contribution in [0.2, 0.25) is 0 Å². The van der Waals surface area contributed by atoms with Crippen molar-refractivity contribution in [3.63, 3.8) is 0 Å². The lowest BCUT2D eigenvalue weighted by Crippen LogP contribution is -2.43. The van der Waals surface area contributed by atoms with E-state index in [2.05, 4.69) is 10.5 Å². The van der Waals surface area contributed by atoms with E-state index in [9.17, 15) is 14.0 Å². The van der Waals surface area contributed by atoms with E-state index in [1.54, 1.807) is 36.1 Å². The number of likely N-dealkylation sites (tertiary alicyclic amines) is 1. The third-order valence-electron chi connectivity index (χ3n) is 5.24. The summed E-state index contributed by atoms with van der Waals surface area (Å²) < 4.78 is 18.4. The molecule has 6 nitrogen and oxygen atoms in total. The minimum atomic E-state index is -0.293. The van der Waals surface area contributed by atoms with Gasteiger partial charge in [-0.2, -0.15) is 0 Å². The molecule has 1 fully saturated rings. The Morgan fingerprint density at radius 2 is 1.93 bits per heavy atom. The van der Waals surface area contributed by atoms with Crippen LogP contribution in [-0.2, 0) is 4.79 Å². The van der Waals surface area contributed by atoms with Crippen LogP contribution in [0, 0.1) is 18.7 Å². The smallest absolute Gasteiger partial charge is 0.276 e. The Morgan fingerprint density at radius 1 is 1.13 bits per heavy atom. The van der Waals surface area contributed by atoms with E-state index in [-0.39, 0.29) is 29.2 Å². The molecule has 2 heterocycles. The van der Waals surface area contributed by atoms with E-state index in [1.807, 2.05) is 18.2 Å². The monoisotopic (exact) mass is 407 g/mol. The zero-order valence-electron chi connectivity index (χ0n) is 16.6. The Balaban J connectivity index is 1.39. The summed E-state index contributed by atoms with van der Waals surface area (Å²) in [6.07, 6.45) is 1.47. The third kappa shape index (κ3) is 4.40.